The Bertz CT molecular complexity index is 1220. The summed E-state index contributed by atoms with van der Waals surface area (Å²) in [5, 5.41) is 25.0. The fourth-order valence-corrected chi connectivity index (χ4v) is 3.49. The highest BCUT2D eigenvalue weighted by molar-refractivity contribution is 7.89. The number of nitro benzene ring substituents is 1. The van der Waals surface area contributed by atoms with Crippen LogP contribution in [-0.2, 0) is 16.6 Å². The maximum absolute atomic E-state index is 11.4. The Hall–Kier alpha value is -3.28. The van der Waals surface area contributed by atoms with Crippen LogP contribution in [0.5, 0.6) is 0 Å². The lowest BCUT2D eigenvalue weighted by Crippen LogP contribution is -2.12. The van der Waals surface area contributed by atoms with Crippen molar-refractivity contribution in [1.82, 2.24) is 9.78 Å². The van der Waals surface area contributed by atoms with Gasteiger partial charge in [-0.15, -0.1) is 0 Å². The molecule has 3 rings (SSSR count). The van der Waals surface area contributed by atoms with E-state index in [9.17, 15) is 18.5 Å². The second-order valence-electron chi connectivity index (χ2n) is 6.28. The van der Waals surface area contributed by atoms with E-state index < -0.39 is 20.6 Å². The Morgan fingerprint density at radius 3 is 2.63 bits per heavy atom. The van der Waals surface area contributed by atoms with Crippen molar-refractivity contribution in [2.24, 2.45) is 10.2 Å². The van der Waals surface area contributed by atoms with Gasteiger partial charge in [0.15, 0.2) is 0 Å². The van der Waals surface area contributed by atoms with Crippen LogP contribution < -0.4 is 10.6 Å². The van der Waals surface area contributed by atoms with Crippen LogP contribution in [0.2, 0.25) is 5.15 Å². The van der Waals surface area contributed by atoms with Crippen molar-refractivity contribution >= 4 is 39.2 Å². The van der Waals surface area contributed by atoms with Gasteiger partial charge in [0.2, 0.25) is 10.0 Å². The molecule has 0 bridgehead atoms. The monoisotopic (exact) mass is 448 g/mol. The number of nitro groups is 1. The third-order valence-electron chi connectivity index (χ3n) is 4.16. The number of hydrazone groups is 1. The summed E-state index contributed by atoms with van der Waals surface area (Å²) in [6.07, 6.45) is 1.39. The molecule has 0 spiro atoms. The van der Waals surface area contributed by atoms with Gasteiger partial charge in [-0.25, -0.2) is 18.2 Å². The molecule has 0 atom stereocenters. The number of aryl methyl sites for hydroxylation is 1. The molecule has 0 amide bonds. The van der Waals surface area contributed by atoms with E-state index in [-0.39, 0.29) is 10.6 Å². The molecule has 0 aliphatic heterocycles. The lowest BCUT2D eigenvalue weighted by atomic mass is 10.2. The number of hydrogen-bond acceptors (Lipinski definition) is 7. The van der Waals surface area contributed by atoms with Crippen LogP contribution in [-0.4, -0.2) is 29.3 Å². The molecule has 30 heavy (non-hydrogen) atoms. The number of anilines is 1. The van der Waals surface area contributed by atoms with Gasteiger partial charge in [0.25, 0.3) is 5.69 Å². The average Bonchev–Trinajstić information content (AvgIpc) is 2.95. The van der Waals surface area contributed by atoms with Crippen LogP contribution in [0.3, 0.4) is 0 Å². The number of aromatic nitrogens is 2. The van der Waals surface area contributed by atoms with Crippen LogP contribution in [0.1, 0.15) is 16.8 Å². The highest BCUT2D eigenvalue weighted by atomic mass is 35.5. The van der Waals surface area contributed by atoms with Gasteiger partial charge in [0.1, 0.15) is 10.8 Å². The largest absolute Gasteiger partial charge is 0.295 e. The van der Waals surface area contributed by atoms with Crippen LogP contribution in [0.4, 0.5) is 11.4 Å². The van der Waals surface area contributed by atoms with Crippen LogP contribution in [0, 0.1) is 17.0 Å². The molecule has 0 unspecified atom stereocenters. The van der Waals surface area contributed by atoms with Gasteiger partial charge in [-0.2, -0.15) is 10.2 Å². The molecule has 0 aliphatic carbocycles. The van der Waals surface area contributed by atoms with Gasteiger partial charge in [-0.05, 0) is 24.6 Å². The molecule has 3 N–H and O–H groups in total. The fourth-order valence-electron chi connectivity index (χ4n) is 2.68. The number of nitrogens with zero attached hydrogens (tertiary/aromatic N) is 4. The fraction of sp³-hybridized carbons (Fsp3) is 0.111. The molecular formula is C18H17ClN6O4S. The maximum atomic E-state index is 11.4. The molecule has 12 heteroatoms. The van der Waals surface area contributed by atoms with Crippen molar-refractivity contribution in [3.63, 3.8) is 0 Å². The van der Waals surface area contributed by atoms with Gasteiger partial charge in [-0.1, -0.05) is 41.9 Å². The number of primary sulfonamides is 1. The van der Waals surface area contributed by atoms with E-state index in [4.69, 9.17) is 16.7 Å². The number of sulfonamides is 1. The molecule has 0 aliphatic rings. The zero-order valence-electron chi connectivity index (χ0n) is 15.7. The van der Waals surface area contributed by atoms with Crippen LogP contribution in [0.25, 0.3) is 0 Å². The summed E-state index contributed by atoms with van der Waals surface area (Å²) >= 11 is 6.41. The Kier molecular flexibility index (Phi) is 6.15. The lowest BCUT2D eigenvalue weighted by Gasteiger charge is -2.04. The van der Waals surface area contributed by atoms with Crippen LogP contribution in [0.15, 0.2) is 58.5 Å². The molecule has 1 aromatic heterocycles. The second kappa shape index (κ2) is 8.61. The molecule has 0 saturated heterocycles. The summed E-state index contributed by atoms with van der Waals surface area (Å²) < 4.78 is 24.4. The predicted octanol–water partition coefficient (Wildman–Crippen LogP) is 2.89. The summed E-state index contributed by atoms with van der Waals surface area (Å²) in [7, 11) is -4.07. The molecule has 3 aromatic rings. The molecule has 156 valence electrons. The molecule has 0 saturated carbocycles. The van der Waals surface area contributed by atoms with Gasteiger partial charge in [-0.3, -0.25) is 15.5 Å². The molecular weight excluding hydrogens is 432 g/mol. The molecule has 2 aromatic carbocycles. The Balaban J connectivity index is 1.83. The lowest BCUT2D eigenvalue weighted by molar-refractivity contribution is -0.384. The minimum Gasteiger partial charge on any atom is -0.272 e. The third-order valence-corrected chi connectivity index (χ3v) is 5.47. The normalized spacial score (nSPS) is 11.7. The van der Waals surface area contributed by atoms with E-state index in [2.05, 4.69) is 15.6 Å². The molecule has 0 fully saturated rings. The van der Waals surface area contributed by atoms with E-state index >= 15 is 0 Å². The highest BCUT2D eigenvalue weighted by Crippen LogP contribution is 2.27. The summed E-state index contributed by atoms with van der Waals surface area (Å²) in [5.41, 5.74) is 4.23. The Labute approximate surface area is 177 Å². The van der Waals surface area contributed by atoms with Gasteiger partial charge in [0.05, 0.1) is 33.8 Å². The summed E-state index contributed by atoms with van der Waals surface area (Å²) in [6, 6.07) is 12.9. The number of nitrogens with one attached hydrogen (secondary N) is 1. The first-order valence-corrected chi connectivity index (χ1v) is 10.5. The zero-order chi connectivity index (χ0) is 21.9. The van der Waals surface area contributed by atoms with Gasteiger partial charge < -0.3 is 0 Å². The first kappa shape index (κ1) is 21.4. The topological polar surface area (TPSA) is 146 Å². The number of benzene rings is 2. The zero-order valence-corrected chi connectivity index (χ0v) is 17.3. The third kappa shape index (κ3) is 4.82. The van der Waals surface area contributed by atoms with E-state index in [1.807, 2.05) is 30.3 Å². The Morgan fingerprint density at radius 2 is 2.00 bits per heavy atom. The van der Waals surface area contributed by atoms with Gasteiger partial charge in [0, 0.05) is 6.07 Å². The van der Waals surface area contributed by atoms with Crippen molar-refractivity contribution in [3.05, 3.63) is 80.6 Å². The summed E-state index contributed by atoms with van der Waals surface area (Å²) in [4.78, 5) is 10.2. The minimum atomic E-state index is -4.07. The van der Waals surface area contributed by atoms with E-state index in [1.165, 1.54) is 12.3 Å². The van der Waals surface area contributed by atoms with Crippen molar-refractivity contribution in [2.45, 2.75) is 18.4 Å². The minimum absolute atomic E-state index is 0.00546. The predicted molar refractivity (Wildman–Crippen MR) is 113 cm³/mol. The van der Waals surface area contributed by atoms with Crippen molar-refractivity contribution in [2.75, 3.05) is 5.43 Å². The Morgan fingerprint density at radius 1 is 1.30 bits per heavy atom. The van der Waals surface area contributed by atoms with Crippen molar-refractivity contribution in [3.8, 4) is 0 Å². The number of nitrogens with two attached hydrogens (primary N) is 1. The quantitative estimate of drug-likeness (QED) is 0.323. The smallest absolute Gasteiger partial charge is 0.272 e. The average molecular weight is 449 g/mol. The van der Waals surface area contributed by atoms with E-state index in [1.54, 1.807) is 11.6 Å². The van der Waals surface area contributed by atoms with Crippen molar-refractivity contribution in [1.29, 1.82) is 0 Å². The number of hydrogen-bond donors (Lipinski definition) is 2. The summed E-state index contributed by atoms with van der Waals surface area (Å²) in [5.74, 6) is 0. The SMILES string of the molecule is Cc1nn(Cc2ccccc2)c(Cl)c1C=NNc1ccc(S(N)(=O)=O)cc1[N+](=O)[O-]. The van der Waals surface area contributed by atoms with Crippen molar-refractivity contribution < 1.29 is 13.3 Å². The standard InChI is InChI=1S/C18H17ClN6O4S/c1-12-15(18(19)24(23-12)11-13-5-3-2-4-6-13)10-21-22-16-8-7-14(30(20,28)29)9-17(16)25(26)27/h2-10,22H,11H2,1H3,(H2,20,28,29). The van der Waals surface area contributed by atoms with Gasteiger partial charge >= 0.3 is 0 Å². The van der Waals surface area contributed by atoms with Crippen LogP contribution >= 0.6 is 11.6 Å². The first-order valence-electron chi connectivity index (χ1n) is 8.54. The summed E-state index contributed by atoms with van der Waals surface area (Å²) in [6.45, 7) is 2.24. The maximum Gasteiger partial charge on any atom is 0.295 e. The number of rotatable bonds is 7. The first-order chi connectivity index (χ1) is 14.2. The highest BCUT2D eigenvalue weighted by Gasteiger charge is 2.19. The van der Waals surface area contributed by atoms with E-state index in [0.29, 0.717) is 23.0 Å². The number of halogens is 1. The van der Waals surface area contributed by atoms with E-state index in [0.717, 1.165) is 17.7 Å². The molecule has 10 nitrogen and oxygen atoms in total. The molecule has 1 heterocycles. The molecule has 0 radical (unpaired) electrons. The second-order valence-corrected chi connectivity index (χ2v) is 8.20.